The lowest BCUT2D eigenvalue weighted by atomic mass is 10.1. The molecule has 1 N–H and O–H groups in total. The Labute approximate surface area is 185 Å². The monoisotopic (exact) mass is 434 g/mol. The van der Waals surface area contributed by atoms with Crippen molar-refractivity contribution >= 4 is 22.8 Å². The summed E-state index contributed by atoms with van der Waals surface area (Å²) in [6.45, 7) is 4.85. The summed E-state index contributed by atoms with van der Waals surface area (Å²) >= 11 is 1.74. The van der Waals surface area contributed by atoms with Gasteiger partial charge >= 0.3 is 0 Å². The Morgan fingerprint density at radius 1 is 1.23 bits per heavy atom. The normalized spacial score (nSPS) is 17.8. The van der Waals surface area contributed by atoms with E-state index in [0.29, 0.717) is 11.8 Å². The number of hydrogen-bond donors (Lipinski definition) is 1. The summed E-state index contributed by atoms with van der Waals surface area (Å²) in [4.78, 5) is 15.1. The van der Waals surface area contributed by atoms with Gasteiger partial charge in [0.2, 0.25) is 0 Å². The molecule has 1 fully saturated rings. The van der Waals surface area contributed by atoms with Crippen LogP contribution in [0.5, 0.6) is 5.75 Å². The number of methoxy groups -OCH3 is 1. The minimum atomic E-state index is 0.555. The van der Waals surface area contributed by atoms with E-state index in [2.05, 4.69) is 39.4 Å². The number of thiazole rings is 1. The van der Waals surface area contributed by atoms with Gasteiger partial charge in [-0.25, -0.2) is 9.97 Å². The van der Waals surface area contributed by atoms with Crippen molar-refractivity contribution in [2.45, 2.75) is 45.6 Å². The van der Waals surface area contributed by atoms with Crippen LogP contribution in [0.15, 0.2) is 36.7 Å². The number of hydrogen-bond acceptors (Lipinski definition) is 7. The summed E-state index contributed by atoms with van der Waals surface area (Å²) in [5.41, 5.74) is 4.23. The van der Waals surface area contributed by atoms with E-state index in [1.165, 1.54) is 17.0 Å². The van der Waals surface area contributed by atoms with Crippen LogP contribution in [0.1, 0.15) is 45.7 Å². The summed E-state index contributed by atoms with van der Waals surface area (Å²) in [7, 11) is 1.67. The molecule has 7 nitrogen and oxygen atoms in total. The molecule has 2 atom stereocenters. The molecule has 0 aliphatic heterocycles. The molecular weight excluding hydrogens is 408 g/mol. The second-order valence-electron chi connectivity index (χ2n) is 8.09. The highest BCUT2D eigenvalue weighted by atomic mass is 32.1. The first-order valence-electron chi connectivity index (χ1n) is 10.6. The first-order chi connectivity index (χ1) is 15.1. The highest BCUT2D eigenvalue weighted by molar-refractivity contribution is 7.11. The molecule has 1 aliphatic carbocycles. The SMILES string of the molecule is COc1ccc(C2CC2CCc2cc(NCc3sc(C)nc3C)n3nccc3n2)nc1. The average molecular weight is 435 g/mol. The Morgan fingerprint density at radius 2 is 2.13 bits per heavy atom. The molecule has 1 saturated carbocycles. The minimum Gasteiger partial charge on any atom is -0.495 e. The smallest absolute Gasteiger partial charge is 0.157 e. The third-order valence-corrected chi connectivity index (χ3v) is 6.98. The number of pyridine rings is 1. The lowest BCUT2D eigenvalue weighted by Crippen LogP contribution is -2.07. The van der Waals surface area contributed by atoms with Gasteiger partial charge in [-0.1, -0.05) is 0 Å². The highest BCUT2D eigenvalue weighted by Crippen LogP contribution is 2.49. The summed E-state index contributed by atoms with van der Waals surface area (Å²) in [6, 6.07) is 8.17. The number of aryl methyl sites for hydroxylation is 3. The summed E-state index contributed by atoms with van der Waals surface area (Å²) < 4.78 is 7.08. The van der Waals surface area contributed by atoms with Gasteiger partial charge in [0.15, 0.2) is 5.65 Å². The van der Waals surface area contributed by atoms with Gasteiger partial charge in [-0.3, -0.25) is 4.98 Å². The molecule has 0 amide bonds. The zero-order valence-electron chi connectivity index (χ0n) is 18.0. The van der Waals surface area contributed by atoms with Gasteiger partial charge in [-0.05, 0) is 51.2 Å². The molecule has 0 aromatic carbocycles. The highest BCUT2D eigenvalue weighted by Gasteiger charge is 2.38. The summed E-state index contributed by atoms with van der Waals surface area (Å²) in [5.74, 6) is 3.00. The van der Waals surface area contributed by atoms with Crippen molar-refractivity contribution in [2.24, 2.45) is 5.92 Å². The van der Waals surface area contributed by atoms with E-state index in [9.17, 15) is 0 Å². The molecular formula is C23H26N6OS. The molecule has 4 heterocycles. The second-order valence-corrected chi connectivity index (χ2v) is 9.38. The molecule has 0 spiro atoms. The molecule has 8 heteroatoms. The third kappa shape index (κ3) is 4.25. The third-order valence-electron chi connectivity index (χ3n) is 5.91. The molecule has 0 saturated heterocycles. The van der Waals surface area contributed by atoms with Crippen LogP contribution in [0.25, 0.3) is 5.65 Å². The molecule has 31 heavy (non-hydrogen) atoms. The van der Waals surface area contributed by atoms with Gasteiger partial charge in [0.1, 0.15) is 11.6 Å². The number of fused-ring (bicyclic) bond motifs is 1. The van der Waals surface area contributed by atoms with Crippen LogP contribution >= 0.6 is 11.3 Å². The fourth-order valence-electron chi connectivity index (χ4n) is 4.12. The van der Waals surface area contributed by atoms with E-state index in [4.69, 9.17) is 9.72 Å². The van der Waals surface area contributed by atoms with Gasteiger partial charge in [0.05, 0.1) is 36.7 Å². The standard InChI is InChI=1S/C23H26N6OS/c1-14-21(31-15(2)27-14)13-25-23-11-17(28-22-8-9-26-29(22)23)5-4-16-10-19(16)20-7-6-18(30-3)12-24-20/h6-9,11-12,16,19,25H,4-5,10,13H2,1-3H3. The Bertz CT molecular complexity index is 1200. The van der Waals surface area contributed by atoms with Crippen LogP contribution in [0.2, 0.25) is 0 Å². The van der Waals surface area contributed by atoms with Crippen LogP contribution in [-0.4, -0.2) is 31.7 Å². The average Bonchev–Trinajstić information content (AvgIpc) is 3.26. The molecule has 160 valence electrons. The molecule has 0 radical (unpaired) electrons. The van der Waals surface area contributed by atoms with Crippen molar-refractivity contribution in [1.82, 2.24) is 24.6 Å². The van der Waals surface area contributed by atoms with E-state index >= 15 is 0 Å². The Hall–Kier alpha value is -3.00. The van der Waals surface area contributed by atoms with Crippen molar-refractivity contribution in [3.63, 3.8) is 0 Å². The summed E-state index contributed by atoms with van der Waals surface area (Å²) in [5, 5.41) is 9.07. The van der Waals surface area contributed by atoms with Crippen LogP contribution in [-0.2, 0) is 13.0 Å². The molecule has 0 bridgehead atoms. The van der Waals surface area contributed by atoms with Crippen molar-refractivity contribution in [3.8, 4) is 5.75 Å². The maximum absolute atomic E-state index is 5.21. The van der Waals surface area contributed by atoms with E-state index in [1.807, 2.05) is 29.8 Å². The number of rotatable bonds is 8. The molecule has 4 aromatic heterocycles. The zero-order chi connectivity index (χ0) is 21.4. The largest absolute Gasteiger partial charge is 0.495 e. The van der Waals surface area contributed by atoms with Gasteiger partial charge in [0.25, 0.3) is 0 Å². The number of ether oxygens (including phenoxy) is 1. The molecule has 1 aliphatic rings. The second kappa shape index (κ2) is 8.26. The first kappa shape index (κ1) is 19.9. The van der Waals surface area contributed by atoms with Gasteiger partial charge in [-0.15, -0.1) is 11.3 Å². The fourth-order valence-corrected chi connectivity index (χ4v) is 5.00. The maximum Gasteiger partial charge on any atom is 0.157 e. The maximum atomic E-state index is 5.21. The Balaban J connectivity index is 1.25. The Kier molecular flexibility index (Phi) is 5.31. The van der Waals surface area contributed by atoms with Crippen LogP contribution in [0.4, 0.5) is 5.82 Å². The van der Waals surface area contributed by atoms with Gasteiger partial charge < -0.3 is 10.1 Å². The van der Waals surface area contributed by atoms with Gasteiger partial charge in [0, 0.05) is 34.3 Å². The van der Waals surface area contributed by atoms with Crippen molar-refractivity contribution in [1.29, 1.82) is 0 Å². The first-order valence-corrected chi connectivity index (χ1v) is 11.4. The topological polar surface area (TPSA) is 77.2 Å². The minimum absolute atomic E-state index is 0.555. The van der Waals surface area contributed by atoms with E-state index in [0.717, 1.165) is 53.0 Å². The predicted octanol–water partition coefficient (Wildman–Crippen LogP) is 4.55. The number of aromatic nitrogens is 5. The number of nitrogens with zero attached hydrogens (tertiary/aromatic N) is 5. The van der Waals surface area contributed by atoms with Crippen molar-refractivity contribution in [3.05, 3.63) is 63.6 Å². The van der Waals surface area contributed by atoms with Crippen LogP contribution in [0, 0.1) is 19.8 Å². The molecule has 5 rings (SSSR count). The predicted molar refractivity (Wildman–Crippen MR) is 122 cm³/mol. The van der Waals surface area contributed by atoms with Crippen molar-refractivity contribution < 1.29 is 4.74 Å². The zero-order valence-corrected chi connectivity index (χ0v) is 18.8. The van der Waals surface area contributed by atoms with Crippen LogP contribution < -0.4 is 10.1 Å². The molecule has 2 unspecified atom stereocenters. The van der Waals surface area contributed by atoms with Crippen LogP contribution in [0.3, 0.4) is 0 Å². The molecule has 4 aromatic rings. The summed E-state index contributed by atoms with van der Waals surface area (Å²) in [6.07, 6.45) is 6.87. The fraction of sp³-hybridized carbons (Fsp3) is 0.391. The van der Waals surface area contributed by atoms with E-state index in [-0.39, 0.29) is 0 Å². The van der Waals surface area contributed by atoms with E-state index < -0.39 is 0 Å². The lowest BCUT2D eigenvalue weighted by Gasteiger charge is -2.10. The number of anilines is 1. The quantitative estimate of drug-likeness (QED) is 0.438. The Morgan fingerprint density at radius 3 is 2.87 bits per heavy atom. The van der Waals surface area contributed by atoms with Gasteiger partial charge in [-0.2, -0.15) is 9.61 Å². The van der Waals surface area contributed by atoms with E-state index in [1.54, 1.807) is 24.6 Å². The number of nitrogens with one attached hydrogen (secondary N) is 1. The lowest BCUT2D eigenvalue weighted by molar-refractivity contribution is 0.412. The van der Waals surface area contributed by atoms with Crippen molar-refractivity contribution in [2.75, 3.05) is 12.4 Å².